The molecule has 5 rings (SSSR count). The van der Waals surface area contributed by atoms with E-state index in [-0.39, 0.29) is 0 Å². The van der Waals surface area contributed by atoms with Crippen molar-refractivity contribution in [2.75, 3.05) is 33.0 Å². The van der Waals surface area contributed by atoms with Crippen LogP contribution in [0.2, 0.25) is 0 Å². The molecule has 0 aromatic rings. The maximum atomic E-state index is 12.5. The fourth-order valence-electron chi connectivity index (χ4n) is 7.83. The van der Waals surface area contributed by atoms with Crippen molar-refractivity contribution >= 4 is 11.8 Å². The van der Waals surface area contributed by atoms with Crippen molar-refractivity contribution in [2.45, 2.75) is 167 Å². The molecule has 360 valence electrons. The quantitative estimate of drug-likeness (QED) is 0.0725. The second-order valence-corrected chi connectivity index (χ2v) is 15.4. The van der Waals surface area contributed by atoms with Crippen LogP contribution in [0.1, 0.15) is 13.8 Å². The van der Waals surface area contributed by atoms with Crippen molar-refractivity contribution in [3.63, 3.8) is 0 Å². The Morgan fingerprint density at radius 1 is 0.387 bits per heavy atom. The van der Waals surface area contributed by atoms with Crippen LogP contribution in [0.4, 0.5) is 0 Å². The molecule has 0 aromatic carbocycles. The average Bonchev–Trinajstić information content (AvgIpc) is 3.23. The summed E-state index contributed by atoms with van der Waals surface area (Å²) in [6.07, 6.45) is -42.2. The van der Waals surface area contributed by atoms with Crippen LogP contribution < -0.4 is 10.6 Å². The normalized spacial score (nSPS) is 49.0. The molecular formula is C34H58N2O26. The number of hydrogen-bond donors (Lipinski definition) is 17. The van der Waals surface area contributed by atoms with Gasteiger partial charge in [0.05, 0.1) is 33.0 Å². The Bertz CT molecular complexity index is 1440. The molecule has 0 unspecified atom stereocenters. The van der Waals surface area contributed by atoms with Crippen LogP contribution in [0.15, 0.2) is 0 Å². The standard InChI is InChI=1S/C34H58N2O26/c1-8(42)35-15-20(47)17(44)10(3-37)55-31(15)61-28-18(45)11(4-38)56-33(24(28)51)59-26-14(7-41)58-32(16(21(26)48)36-9(2)43)62-29-19(46)12(5-39)57-34(25(29)52)60-27-13(6-40)54-30(53)23(50)22(27)49/h10-34,37-41,44-53H,3-7H2,1-2H3,(H,35,42)(H,36,43)/t10-,11-,12-,13-,14-,15-,16-,17-,18+,19+,20-,21-,22-,23-,24-,25-,26-,27-,28-,29+,30-,31+,32+,33+,34+/m1/s1. The van der Waals surface area contributed by atoms with E-state index in [0.29, 0.717) is 0 Å². The van der Waals surface area contributed by atoms with Crippen LogP contribution in [0.3, 0.4) is 0 Å². The number of carbonyl (C=O) groups is 2. The van der Waals surface area contributed by atoms with Crippen LogP contribution in [-0.4, -0.2) is 275 Å². The molecule has 2 amide bonds. The zero-order chi connectivity index (χ0) is 45.9. The first kappa shape index (κ1) is 51.0. The SMILES string of the molecule is CC(=O)N[C@H]1[C@H](O[C@H]2[C@@H](O)[C@@H](CO)O[C@@H](O[C@H]3[C@H](O)[C@@H](O)[C@H](O)O[C@@H]3CO)[C@@H]2O)O[C@H](CO)[C@@H](O[C@@H]2O[C@H](CO)[C@H](O)[C@@H](O[C@@H]3O[C@H](CO)[C@@H](O)[C@H](O)[C@H]3NC(C)=O)[C@H]2O)[C@@H]1O. The molecule has 28 nitrogen and oxygen atoms in total. The largest absolute Gasteiger partial charge is 0.394 e. The van der Waals surface area contributed by atoms with Gasteiger partial charge in [0.25, 0.3) is 0 Å². The zero-order valence-corrected chi connectivity index (χ0v) is 33.2. The van der Waals surface area contributed by atoms with Gasteiger partial charge >= 0.3 is 0 Å². The van der Waals surface area contributed by atoms with Gasteiger partial charge in [-0.05, 0) is 0 Å². The third-order valence-electron chi connectivity index (χ3n) is 11.1. The Balaban J connectivity index is 1.37. The lowest BCUT2D eigenvalue weighted by Crippen LogP contribution is -2.70. The minimum absolute atomic E-state index is 0.726. The number of aliphatic hydroxyl groups is 15. The zero-order valence-electron chi connectivity index (χ0n) is 33.2. The first-order valence-corrected chi connectivity index (χ1v) is 19.6. The molecule has 0 aromatic heterocycles. The Kier molecular flexibility index (Phi) is 18.1. The van der Waals surface area contributed by atoms with Crippen LogP contribution in [-0.2, 0) is 52.2 Å². The summed E-state index contributed by atoms with van der Waals surface area (Å²) in [6, 6.07) is -3.28. The number of ether oxygens (including phenoxy) is 9. The van der Waals surface area contributed by atoms with Gasteiger partial charge in [0.2, 0.25) is 11.8 Å². The molecule has 25 atom stereocenters. The smallest absolute Gasteiger partial charge is 0.217 e. The molecule has 0 bridgehead atoms. The van der Waals surface area contributed by atoms with Gasteiger partial charge in [-0.1, -0.05) is 0 Å². The lowest BCUT2D eigenvalue weighted by Gasteiger charge is -2.50. The van der Waals surface area contributed by atoms with Gasteiger partial charge in [-0.25, -0.2) is 0 Å². The molecule has 5 aliphatic rings. The topological polar surface area (TPSA) is 445 Å². The van der Waals surface area contributed by atoms with E-state index in [2.05, 4.69) is 10.6 Å². The second-order valence-electron chi connectivity index (χ2n) is 15.4. The molecule has 5 saturated heterocycles. The first-order valence-electron chi connectivity index (χ1n) is 19.6. The van der Waals surface area contributed by atoms with Crippen LogP contribution in [0.5, 0.6) is 0 Å². The number of hydrogen-bond acceptors (Lipinski definition) is 26. The summed E-state index contributed by atoms with van der Waals surface area (Å²) < 4.78 is 50.7. The van der Waals surface area contributed by atoms with Gasteiger partial charge in [-0.3, -0.25) is 9.59 Å². The number of amides is 2. The van der Waals surface area contributed by atoms with E-state index >= 15 is 0 Å². The van der Waals surface area contributed by atoms with Crippen molar-refractivity contribution in [1.82, 2.24) is 10.6 Å². The molecule has 0 saturated carbocycles. The van der Waals surface area contributed by atoms with Crippen molar-refractivity contribution in [3.05, 3.63) is 0 Å². The summed E-state index contributed by atoms with van der Waals surface area (Å²) in [7, 11) is 0. The van der Waals surface area contributed by atoms with Crippen molar-refractivity contribution in [2.24, 2.45) is 0 Å². The van der Waals surface area contributed by atoms with E-state index in [9.17, 15) is 86.2 Å². The summed E-state index contributed by atoms with van der Waals surface area (Å²) in [5.74, 6) is -1.55. The summed E-state index contributed by atoms with van der Waals surface area (Å²) >= 11 is 0. The fraction of sp³-hybridized carbons (Fsp3) is 0.941. The Morgan fingerprint density at radius 2 is 0.726 bits per heavy atom. The Morgan fingerprint density at radius 3 is 1.15 bits per heavy atom. The van der Waals surface area contributed by atoms with Gasteiger partial charge in [0.15, 0.2) is 31.5 Å². The lowest BCUT2D eigenvalue weighted by atomic mass is 9.94. The Labute approximate surface area is 351 Å². The summed E-state index contributed by atoms with van der Waals surface area (Å²) in [6.45, 7) is -2.53. The highest BCUT2D eigenvalue weighted by Gasteiger charge is 2.57. The van der Waals surface area contributed by atoms with Gasteiger partial charge in [-0.2, -0.15) is 0 Å². The Hall–Kier alpha value is -2.02. The molecule has 5 aliphatic heterocycles. The first-order chi connectivity index (χ1) is 29.3. The van der Waals surface area contributed by atoms with E-state index in [1.54, 1.807) is 0 Å². The van der Waals surface area contributed by atoms with E-state index in [1.165, 1.54) is 0 Å². The molecule has 5 heterocycles. The minimum atomic E-state index is -2.10. The number of aliphatic hydroxyl groups excluding tert-OH is 15. The van der Waals surface area contributed by atoms with Gasteiger partial charge in [0.1, 0.15) is 122 Å². The van der Waals surface area contributed by atoms with Crippen LogP contribution >= 0.6 is 0 Å². The van der Waals surface area contributed by atoms with Crippen molar-refractivity contribution in [1.29, 1.82) is 0 Å². The molecule has 0 aliphatic carbocycles. The van der Waals surface area contributed by atoms with Crippen LogP contribution in [0.25, 0.3) is 0 Å². The summed E-state index contributed by atoms with van der Waals surface area (Å²) in [4.78, 5) is 24.4. The van der Waals surface area contributed by atoms with Gasteiger partial charge < -0.3 is 130 Å². The second kappa shape index (κ2) is 22.0. The predicted octanol–water partition coefficient (Wildman–Crippen LogP) is -11.6. The van der Waals surface area contributed by atoms with Gasteiger partial charge in [-0.15, -0.1) is 0 Å². The predicted molar refractivity (Wildman–Crippen MR) is 190 cm³/mol. The third-order valence-corrected chi connectivity index (χ3v) is 11.1. The third kappa shape index (κ3) is 10.8. The number of rotatable bonds is 15. The highest BCUT2D eigenvalue weighted by molar-refractivity contribution is 5.73. The van der Waals surface area contributed by atoms with E-state index < -0.39 is 198 Å². The molecular weight excluding hydrogens is 852 g/mol. The molecule has 28 heteroatoms. The number of carbonyl (C=O) groups excluding carboxylic acids is 2. The maximum absolute atomic E-state index is 12.5. The molecule has 5 fully saturated rings. The average molecular weight is 911 g/mol. The van der Waals surface area contributed by atoms with Crippen molar-refractivity contribution < 1.29 is 129 Å². The summed E-state index contributed by atoms with van der Waals surface area (Å²) in [5.41, 5.74) is 0. The van der Waals surface area contributed by atoms with E-state index in [1.807, 2.05) is 0 Å². The van der Waals surface area contributed by atoms with Gasteiger partial charge in [0, 0.05) is 13.8 Å². The highest BCUT2D eigenvalue weighted by Crippen LogP contribution is 2.35. The highest BCUT2D eigenvalue weighted by atomic mass is 16.8. The maximum Gasteiger partial charge on any atom is 0.217 e. The van der Waals surface area contributed by atoms with Crippen molar-refractivity contribution in [3.8, 4) is 0 Å². The van der Waals surface area contributed by atoms with E-state index in [0.717, 1.165) is 13.8 Å². The minimum Gasteiger partial charge on any atom is -0.394 e. The molecule has 62 heavy (non-hydrogen) atoms. The molecule has 17 N–H and O–H groups in total. The van der Waals surface area contributed by atoms with E-state index in [4.69, 9.17) is 42.6 Å². The van der Waals surface area contributed by atoms with Crippen LogP contribution in [0, 0.1) is 0 Å². The molecule has 0 spiro atoms. The fourth-order valence-corrected chi connectivity index (χ4v) is 7.83. The number of nitrogens with one attached hydrogen (secondary N) is 2. The monoisotopic (exact) mass is 910 g/mol. The molecule has 0 radical (unpaired) electrons. The lowest BCUT2D eigenvalue weighted by molar-refractivity contribution is -0.384. The summed E-state index contributed by atoms with van der Waals surface area (Å²) in [5, 5.41) is 163.